The second-order valence-electron chi connectivity index (χ2n) is 3.77. The molecule has 0 spiro atoms. The van der Waals surface area contributed by atoms with Crippen molar-refractivity contribution in [3.63, 3.8) is 0 Å². The van der Waals surface area contributed by atoms with Gasteiger partial charge >= 0.3 is 0 Å². The van der Waals surface area contributed by atoms with Crippen LogP contribution in [-0.2, 0) is 20.9 Å². The molecular formula is C13H16O3. The van der Waals surface area contributed by atoms with E-state index in [-0.39, 0.29) is 11.9 Å². The van der Waals surface area contributed by atoms with Crippen LogP contribution in [-0.4, -0.2) is 18.2 Å². The molecule has 1 aromatic rings. The summed E-state index contributed by atoms with van der Waals surface area (Å²) < 4.78 is 5.49. The highest BCUT2D eigenvalue weighted by molar-refractivity contribution is 5.92. The lowest BCUT2D eigenvalue weighted by Gasteiger charge is -2.17. The Morgan fingerprint density at radius 1 is 1.38 bits per heavy atom. The molecule has 86 valence electrons. The van der Waals surface area contributed by atoms with Gasteiger partial charge in [-0.2, -0.15) is 0 Å². The molecule has 0 bridgehead atoms. The summed E-state index contributed by atoms with van der Waals surface area (Å²) in [5.74, 6) is -0.820. The molecule has 0 aromatic heterocycles. The van der Waals surface area contributed by atoms with Gasteiger partial charge in [0, 0.05) is 0 Å². The SMILES string of the molecule is CC(=O)C(C=O)C(C)OCc1ccccc1. The van der Waals surface area contributed by atoms with E-state index in [9.17, 15) is 9.59 Å². The number of hydrogen-bond donors (Lipinski definition) is 0. The molecule has 0 aliphatic rings. The van der Waals surface area contributed by atoms with Gasteiger partial charge in [0.05, 0.1) is 18.6 Å². The minimum Gasteiger partial charge on any atom is -0.373 e. The van der Waals surface area contributed by atoms with Gasteiger partial charge in [-0.3, -0.25) is 4.79 Å². The molecule has 0 amide bonds. The molecule has 0 aliphatic carbocycles. The minimum atomic E-state index is -0.663. The lowest BCUT2D eigenvalue weighted by atomic mass is 10.0. The number of carbonyl (C=O) groups is 2. The van der Waals surface area contributed by atoms with E-state index in [1.165, 1.54) is 6.92 Å². The fourth-order valence-corrected chi connectivity index (χ4v) is 1.44. The van der Waals surface area contributed by atoms with Crippen LogP contribution in [0.3, 0.4) is 0 Å². The van der Waals surface area contributed by atoms with Crippen LogP contribution in [0, 0.1) is 5.92 Å². The zero-order valence-electron chi connectivity index (χ0n) is 9.55. The third-order valence-electron chi connectivity index (χ3n) is 2.48. The molecule has 0 fully saturated rings. The highest BCUT2D eigenvalue weighted by Crippen LogP contribution is 2.10. The molecule has 2 atom stereocenters. The van der Waals surface area contributed by atoms with Crippen molar-refractivity contribution in [2.24, 2.45) is 5.92 Å². The molecule has 3 nitrogen and oxygen atoms in total. The van der Waals surface area contributed by atoms with Gasteiger partial charge in [-0.25, -0.2) is 0 Å². The van der Waals surface area contributed by atoms with Gasteiger partial charge in [0.1, 0.15) is 12.1 Å². The Kier molecular flexibility index (Phi) is 4.86. The number of aldehydes is 1. The van der Waals surface area contributed by atoms with Gasteiger partial charge in [-0.1, -0.05) is 30.3 Å². The van der Waals surface area contributed by atoms with Crippen molar-refractivity contribution in [2.45, 2.75) is 26.6 Å². The average molecular weight is 220 g/mol. The van der Waals surface area contributed by atoms with Crippen LogP contribution in [0.1, 0.15) is 19.4 Å². The number of benzene rings is 1. The Bertz CT molecular complexity index is 345. The quantitative estimate of drug-likeness (QED) is 0.544. The summed E-state index contributed by atoms with van der Waals surface area (Å²) in [7, 11) is 0. The third-order valence-corrected chi connectivity index (χ3v) is 2.48. The Labute approximate surface area is 95.4 Å². The number of rotatable bonds is 6. The molecule has 0 heterocycles. The lowest BCUT2D eigenvalue weighted by Crippen LogP contribution is -2.27. The van der Waals surface area contributed by atoms with Crippen molar-refractivity contribution >= 4 is 12.1 Å². The van der Waals surface area contributed by atoms with E-state index < -0.39 is 5.92 Å². The molecule has 0 aliphatic heterocycles. The van der Waals surface area contributed by atoms with Gasteiger partial charge < -0.3 is 9.53 Å². The topological polar surface area (TPSA) is 43.4 Å². The summed E-state index contributed by atoms with van der Waals surface area (Å²) in [5, 5.41) is 0. The molecule has 1 aromatic carbocycles. The number of hydrogen-bond acceptors (Lipinski definition) is 3. The summed E-state index contributed by atoms with van der Waals surface area (Å²) in [4.78, 5) is 21.8. The molecular weight excluding hydrogens is 204 g/mol. The predicted molar refractivity (Wildman–Crippen MR) is 60.9 cm³/mol. The van der Waals surface area contributed by atoms with Crippen molar-refractivity contribution in [1.82, 2.24) is 0 Å². The molecule has 0 N–H and O–H groups in total. The van der Waals surface area contributed by atoms with Crippen molar-refractivity contribution in [2.75, 3.05) is 0 Å². The van der Waals surface area contributed by atoms with Crippen molar-refractivity contribution in [1.29, 1.82) is 0 Å². The Balaban J connectivity index is 2.49. The molecule has 0 saturated heterocycles. The van der Waals surface area contributed by atoms with Crippen molar-refractivity contribution in [3.05, 3.63) is 35.9 Å². The van der Waals surface area contributed by atoms with E-state index in [4.69, 9.17) is 4.74 Å². The standard InChI is InChI=1S/C13H16O3/c1-10(15)13(8-14)11(2)16-9-12-6-4-3-5-7-12/h3-8,11,13H,9H2,1-2H3. The average Bonchev–Trinajstić information content (AvgIpc) is 2.28. The van der Waals surface area contributed by atoms with Crippen LogP contribution >= 0.6 is 0 Å². The first kappa shape index (κ1) is 12.6. The summed E-state index contributed by atoms with van der Waals surface area (Å²) >= 11 is 0. The monoisotopic (exact) mass is 220 g/mol. The van der Waals surface area contributed by atoms with Gasteiger partial charge in [-0.15, -0.1) is 0 Å². The highest BCUT2D eigenvalue weighted by Gasteiger charge is 2.21. The maximum Gasteiger partial charge on any atom is 0.142 e. The van der Waals surface area contributed by atoms with E-state index in [1.807, 2.05) is 30.3 Å². The maximum absolute atomic E-state index is 11.1. The van der Waals surface area contributed by atoms with Gasteiger partial charge in [0.25, 0.3) is 0 Å². The normalized spacial score (nSPS) is 14.1. The molecule has 2 unspecified atom stereocenters. The van der Waals surface area contributed by atoms with Gasteiger partial charge in [0.15, 0.2) is 0 Å². The fraction of sp³-hybridized carbons (Fsp3) is 0.385. The Morgan fingerprint density at radius 3 is 2.50 bits per heavy atom. The van der Waals surface area contributed by atoms with Gasteiger partial charge in [0.2, 0.25) is 0 Å². The van der Waals surface area contributed by atoms with Crippen LogP contribution in [0.2, 0.25) is 0 Å². The van der Waals surface area contributed by atoms with Crippen molar-refractivity contribution < 1.29 is 14.3 Å². The number of Topliss-reactive ketones (excluding diaryl/α,β-unsaturated/α-hetero) is 1. The molecule has 0 saturated carbocycles. The zero-order valence-corrected chi connectivity index (χ0v) is 9.55. The van der Waals surface area contributed by atoms with E-state index >= 15 is 0 Å². The third kappa shape index (κ3) is 3.59. The summed E-state index contributed by atoms with van der Waals surface area (Å²) in [6, 6.07) is 9.65. The molecule has 16 heavy (non-hydrogen) atoms. The fourth-order valence-electron chi connectivity index (χ4n) is 1.44. The first-order valence-electron chi connectivity index (χ1n) is 5.26. The maximum atomic E-state index is 11.1. The van der Waals surface area contributed by atoms with Crippen LogP contribution in [0.25, 0.3) is 0 Å². The van der Waals surface area contributed by atoms with E-state index in [0.29, 0.717) is 12.9 Å². The van der Waals surface area contributed by atoms with Gasteiger partial charge in [-0.05, 0) is 19.4 Å². The molecule has 3 heteroatoms. The summed E-state index contributed by atoms with van der Waals surface area (Å²) in [5.41, 5.74) is 1.03. The number of ether oxygens (including phenoxy) is 1. The lowest BCUT2D eigenvalue weighted by molar-refractivity contribution is -0.131. The van der Waals surface area contributed by atoms with E-state index in [2.05, 4.69) is 0 Å². The Hall–Kier alpha value is -1.48. The number of carbonyl (C=O) groups excluding carboxylic acids is 2. The van der Waals surface area contributed by atoms with Crippen LogP contribution in [0.5, 0.6) is 0 Å². The minimum absolute atomic E-state index is 0.157. The first-order valence-corrected chi connectivity index (χ1v) is 5.26. The highest BCUT2D eigenvalue weighted by atomic mass is 16.5. The smallest absolute Gasteiger partial charge is 0.142 e. The van der Waals surface area contributed by atoms with Crippen LogP contribution in [0.4, 0.5) is 0 Å². The van der Waals surface area contributed by atoms with Crippen molar-refractivity contribution in [3.8, 4) is 0 Å². The number of ketones is 1. The second kappa shape index (κ2) is 6.18. The van der Waals surface area contributed by atoms with Crippen LogP contribution < -0.4 is 0 Å². The summed E-state index contributed by atoms with van der Waals surface area (Å²) in [6.07, 6.45) is 0.271. The largest absolute Gasteiger partial charge is 0.373 e. The zero-order chi connectivity index (χ0) is 12.0. The first-order chi connectivity index (χ1) is 7.65. The molecule has 1 rings (SSSR count). The Morgan fingerprint density at radius 2 is 2.00 bits per heavy atom. The second-order valence-corrected chi connectivity index (χ2v) is 3.77. The molecule has 0 radical (unpaired) electrons. The van der Waals surface area contributed by atoms with E-state index in [0.717, 1.165) is 5.56 Å². The predicted octanol–water partition coefficient (Wildman–Crippen LogP) is 2.00. The summed E-state index contributed by atoms with van der Waals surface area (Å²) in [6.45, 7) is 3.56. The van der Waals surface area contributed by atoms with E-state index in [1.54, 1.807) is 6.92 Å². The van der Waals surface area contributed by atoms with Crippen LogP contribution in [0.15, 0.2) is 30.3 Å².